The van der Waals surface area contributed by atoms with E-state index in [0.717, 1.165) is 12.8 Å². The highest BCUT2D eigenvalue weighted by atomic mass is 16.2. The molecule has 2 aromatic rings. The third-order valence-electron chi connectivity index (χ3n) is 4.55. The van der Waals surface area contributed by atoms with Gasteiger partial charge in [-0.05, 0) is 12.8 Å². The summed E-state index contributed by atoms with van der Waals surface area (Å²) in [6.07, 6.45) is 8.15. The van der Waals surface area contributed by atoms with E-state index in [1.165, 1.54) is 6.20 Å². The average molecular weight is 360 g/mol. The van der Waals surface area contributed by atoms with Crippen LogP contribution in [-0.4, -0.2) is 62.0 Å². The first-order chi connectivity index (χ1) is 12.5. The molecular weight excluding hydrogens is 336 g/mol. The number of nitrogens with one attached hydrogen (secondary N) is 1. The van der Waals surface area contributed by atoms with E-state index in [0.29, 0.717) is 24.3 Å². The van der Waals surface area contributed by atoms with Crippen LogP contribution < -0.4 is 16.8 Å². The standard InChI is InChI=1S/C16H24N8O2/c1-22-9-11(7-19-22)15(25)21-12-8-20-24(10-12)13-2-4-23(5-3-13)16(26)14(18)6-17/h7-10,13-14H,2-6,17-18H2,1H3,(H,21,25)/t14-/m0/s1. The van der Waals surface area contributed by atoms with Crippen LogP contribution in [-0.2, 0) is 11.8 Å². The number of likely N-dealkylation sites (tertiary alicyclic amines) is 1. The molecule has 3 rings (SSSR count). The summed E-state index contributed by atoms with van der Waals surface area (Å²) in [7, 11) is 1.76. The topological polar surface area (TPSA) is 137 Å². The number of hydrogen-bond donors (Lipinski definition) is 3. The third-order valence-corrected chi connectivity index (χ3v) is 4.55. The van der Waals surface area contributed by atoms with E-state index in [9.17, 15) is 9.59 Å². The van der Waals surface area contributed by atoms with Crippen LogP contribution >= 0.6 is 0 Å². The van der Waals surface area contributed by atoms with Crippen molar-refractivity contribution in [1.82, 2.24) is 24.5 Å². The second kappa shape index (κ2) is 7.67. The zero-order chi connectivity index (χ0) is 18.7. The molecule has 0 aromatic carbocycles. The molecule has 0 saturated carbocycles. The molecule has 0 bridgehead atoms. The van der Waals surface area contributed by atoms with Gasteiger partial charge >= 0.3 is 0 Å². The van der Waals surface area contributed by atoms with Crippen molar-refractivity contribution in [2.45, 2.75) is 24.9 Å². The van der Waals surface area contributed by atoms with E-state index in [2.05, 4.69) is 15.5 Å². The SMILES string of the molecule is Cn1cc(C(=O)Nc2cnn(C3CCN(C(=O)[C@@H](N)CN)CC3)c2)cn1. The molecule has 2 amide bonds. The van der Waals surface area contributed by atoms with Crippen molar-refractivity contribution in [3.05, 3.63) is 30.4 Å². The Hall–Kier alpha value is -2.72. The van der Waals surface area contributed by atoms with Crippen molar-refractivity contribution < 1.29 is 9.59 Å². The summed E-state index contributed by atoms with van der Waals surface area (Å²) < 4.78 is 3.41. The van der Waals surface area contributed by atoms with Gasteiger partial charge in [0, 0.05) is 39.1 Å². The van der Waals surface area contributed by atoms with Gasteiger partial charge < -0.3 is 21.7 Å². The normalized spacial score (nSPS) is 16.5. The van der Waals surface area contributed by atoms with E-state index >= 15 is 0 Å². The van der Waals surface area contributed by atoms with Gasteiger partial charge in [-0.1, -0.05) is 0 Å². The van der Waals surface area contributed by atoms with Crippen molar-refractivity contribution in [3.8, 4) is 0 Å². The molecule has 0 radical (unpaired) electrons. The maximum absolute atomic E-state index is 12.2. The molecule has 10 nitrogen and oxygen atoms in total. The summed E-state index contributed by atoms with van der Waals surface area (Å²) in [6.45, 7) is 1.39. The van der Waals surface area contributed by atoms with Crippen LogP contribution in [0.4, 0.5) is 5.69 Å². The highest BCUT2D eigenvalue weighted by molar-refractivity contribution is 6.03. The summed E-state index contributed by atoms with van der Waals surface area (Å²) in [5.74, 6) is -0.329. The quantitative estimate of drug-likeness (QED) is 0.646. The summed E-state index contributed by atoms with van der Waals surface area (Å²) in [5, 5.41) is 11.1. The molecule has 2 aromatic heterocycles. The maximum atomic E-state index is 12.2. The minimum atomic E-state index is -0.634. The Morgan fingerprint density at radius 2 is 2.00 bits per heavy atom. The molecule has 1 saturated heterocycles. The lowest BCUT2D eigenvalue weighted by Gasteiger charge is -2.33. The Bertz CT molecular complexity index is 775. The lowest BCUT2D eigenvalue weighted by atomic mass is 10.0. The number of aryl methyl sites for hydroxylation is 1. The predicted molar refractivity (Wildman–Crippen MR) is 95.3 cm³/mol. The first kappa shape index (κ1) is 18.1. The minimum absolute atomic E-state index is 0.101. The fraction of sp³-hybridized carbons (Fsp3) is 0.500. The third kappa shape index (κ3) is 3.92. The van der Waals surface area contributed by atoms with Gasteiger partial charge in [-0.15, -0.1) is 0 Å². The van der Waals surface area contributed by atoms with Crippen LogP contribution in [0.3, 0.4) is 0 Å². The van der Waals surface area contributed by atoms with Crippen LogP contribution in [0.1, 0.15) is 29.2 Å². The Balaban J connectivity index is 1.56. The van der Waals surface area contributed by atoms with Crippen LogP contribution in [0, 0.1) is 0 Å². The zero-order valence-corrected chi connectivity index (χ0v) is 14.7. The fourth-order valence-corrected chi connectivity index (χ4v) is 3.03. The smallest absolute Gasteiger partial charge is 0.258 e. The number of anilines is 1. The predicted octanol–water partition coefficient (Wildman–Crippen LogP) is -0.682. The van der Waals surface area contributed by atoms with E-state index in [1.807, 2.05) is 10.9 Å². The molecule has 0 aliphatic carbocycles. The zero-order valence-electron chi connectivity index (χ0n) is 14.7. The largest absolute Gasteiger partial charge is 0.341 e. The highest BCUT2D eigenvalue weighted by Gasteiger charge is 2.27. The lowest BCUT2D eigenvalue weighted by Crippen LogP contribution is -2.50. The van der Waals surface area contributed by atoms with Gasteiger partial charge in [-0.2, -0.15) is 10.2 Å². The first-order valence-electron chi connectivity index (χ1n) is 8.56. The van der Waals surface area contributed by atoms with E-state index in [4.69, 9.17) is 11.5 Å². The Morgan fingerprint density at radius 1 is 1.27 bits per heavy atom. The molecular formula is C16H24N8O2. The number of piperidine rings is 1. The summed E-state index contributed by atoms with van der Waals surface area (Å²) >= 11 is 0. The van der Waals surface area contributed by atoms with Gasteiger partial charge in [0.1, 0.15) is 0 Å². The number of carbonyl (C=O) groups is 2. The fourth-order valence-electron chi connectivity index (χ4n) is 3.03. The van der Waals surface area contributed by atoms with Crippen LogP contribution in [0.15, 0.2) is 24.8 Å². The monoisotopic (exact) mass is 360 g/mol. The Kier molecular flexibility index (Phi) is 5.33. The van der Waals surface area contributed by atoms with Gasteiger partial charge in [0.2, 0.25) is 5.91 Å². The molecule has 1 atom stereocenters. The van der Waals surface area contributed by atoms with E-state index in [1.54, 1.807) is 29.0 Å². The molecule has 26 heavy (non-hydrogen) atoms. The minimum Gasteiger partial charge on any atom is -0.341 e. The first-order valence-corrected chi connectivity index (χ1v) is 8.56. The molecule has 5 N–H and O–H groups in total. The number of rotatable bonds is 5. The summed E-state index contributed by atoms with van der Waals surface area (Å²) in [4.78, 5) is 26.0. The van der Waals surface area contributed by atoms with Crippen LogP contribution in [0.25, 0.3) is 0 Å². The van der Waals surface area contributed by atoms with Crippen molar-refractivity contribution in [1.29, 1.82) is 0 Å². The molecule has 0 spiro atoms. The van der Waals surface area contributed by atoms with Gasteiger partial charge in [-0.25, -0.2) is 0 Å². The van der Waals surface area contributed by atoms with Gasteiger partial charge in [-0.3, -0.25) is 19.0 Å². The number of nitrogens with two attached hydrogens (primary N) is 2. The summed E-state index contributed by atoms with van der Waals surface area (Å²) in [5.41, 5.74) is 12.3. The van der Waals surface area contributed by atoms with Crippen molar-refractivity contribution >= 4 is 17.5 Å². The van der Waals surface area contributed by atoms with E-state index < -0.39 is 6.04 Å². The van der Waals surface area contributed by atoms with Gasteiger partial charge in [0.25, 0.3) is 5.91 Å². The second-order valence-electron chi connectivity index (χ2n) is 6.46. The van der Waals surface area contributed by atoms with Gasteiger partial charge in [0.15, 0.2) is 0 Å². The average Bonchev–Trinajstić information content (AvgIpc) is 3.29. The maximum Gasteiger partial charge on any atom is 0.258 e. The Morgan fingerprint density at radius 3 is 2.62 bits per heavy atom. The lowest BCUT2D eigenvalue weighted by molar-refractivity contribution is -0.133. The number of carbonyl (C=O) groups excluding carboxylic acids is 2. The number of nitrogens with zero attached hydrogens (tertiary/aromatic N) is 5. The van der Waals surface area contributed by atoms with Crippen molar-refractivity contribution in [3.63, 3.8) is 0 Å². The van der Waals surface area contributed by atoms with Crippen molar-refractivity contribution in [2.24, 2.45) is 18.5 Å². The summed E-state index contributed by atoms with van der Waals surface area (Å²) in [6, 6.07) is -0.456. The Labute approximate surface area is 151 Å². The molecule has 140 valence electrons. The number of amides is 2. The molecule has 10 heteroatoms. The van der Waals surface area contributed by atoms with Crippen LogP contribution in [0.2, 0.25) is 0 Å². The number of aromatic nitrogens is 4. The van der Waals surface area contributed by atoms with Crippen molar-refractivity contribution in [2.75, 3.05) is 25.0 Å². The van der Waals surface area contributed by atoms with E-state index in [-0.39, 0.29) is 24.4 Å². The van der Waals surface area contributed by atoms with Crippen LogP contribution in [0.5, 0.6) is 0 Å². The molecule has 1 aliphatic heterocycles. The van der Waals surface area contributed by atoms with Gasteiger partial charge in [0.05, 0.1) is 35.7 Å². The highest BCUT2D eigenvalue weighted by Crippen LogP contribution is 2.23. The molecule has 1 fully saturated rings. The second-order valence-corrected chi connectivity index (χ2v) is 6.46. The molecule has 3 heterocycles. The molecule has 1 aliphatic rings. The molecule has 0 unspecified atom stereocenters. The number of hydrogen-bond acceptors (Lipinski definition) is 6.